The third-order valence-corrected chi connectivity index (χ3v) is 5.31. The second-order valence-electron chi connectivity index (χ2n) is 7.42. The average Bonchev–Trinajstić information content (AvgIpc) is 2.54. The first kappa shape index (κ1) is 18.6. The van der Waals surface area contributed by atoms with E-state index in [0.717, 1.165) is 24.8 Å². The molecular weight excluding hydrogens is 294 g/mol. The van der Waals surface area contributed by atoms with Gasteiger partial charge >= 0.3 is 0 Å². The SMILES string of the molecule is C=C(C)C1CCC(C)=CC1c1c(C)cc(CCCCC)cc1N=O. The number of nitrogens with zero attached hydrogens (tertiary/aromatic N) is 1. The van der Waals surface area contributed by atoms with Gasteiger partial charge < -0.3 is 0 Å². The number of allylic oxidation sites excluding steroid dienone is 3. The summed E-state index contributed by atoms with van der Waals surface area (Å²) < 4.78 is 0. The number of hydrogen-bond acceptors (Lipinski definition) is 2. The maximum atomic E-state index is 11.6. The van der Waals surface area contributed by atoms with Gasteiger partial charge in [-0.1, -0.05) is 49.6 Å². The van der Waals surface area contributed by atoms with Crippen molar-refractivity contribution in [2.45, 2.75) is 72.1 Å². The van der Waals surface area contributed by atoms with E-state index in [4.69, 9.17) is 0 Å². The molecule has 0 saturated carbocycles. The number of hydrogen-bond donors (Lipinski definition) is 0. The molecule has 2 rings (SSSR count). The molecule has 0 heterocycles. The molecule has 24 heavy (non-hydrogen) atoms. The van der Waals surface area contributed by atoms with E-state index in [0.29, 0.717) is 11.6 Å². The van der Waals surface area contributed by atoms with Crippen molar-refractivity contribution < 1.29 is 0 Å². The van der Waals surface area contributed by atoms with Crippen LogP contribution < -0.4 is 0 Å². The maximum absolute atomic E-state index is 11.6. The Bertz CT molecular complexity index is 642. The highest BCUT2D eigenvalue weighted by atomic mass is 16.3. The quantitative estimate of drug-likeness (QED) is 0.297. The number of rotatable bonds is 7. The molecule has 1 aliphatic carbocycles. The molecule has 0 aromatic heterocycles. The fraction of sp³-hybridized carbons (Fsp3) is 0.545. The molecule has 0 spiro atoms. The van der Waals surface area contributed by atoms with Gasteiger partial charge in [-0.2, -0.15) is 0 Å². The van der Waals surface area contributed by atoms with Gasteiger partial charge in [-0.3, -0.25) is 0 Å². The number of unbranched alkanes of at least 4 members (excludes halogenated alkanes) is 2. The summed E-state index contributed by atoms with van der Waals surface area (Å²) in [6.45, 7) is 12.8. The van der Waals surface area contributed by atoms with E-state index in [-0.39, 0.29) is 5.92 Å². The zero-order valence-electron chi connectivity index (χ0n) is 15.7. The molecule has 2 heteroatoms. The van der Waals surface area contributed by atoms with E-state index in [1.807, 2.05) is 6.07 Å². The molecule has 0 fully saturated rings. The second-order valence-corrected chi connectivity index (χ2v) is 7.42. The monoisotopic (exact) mass is 325 g/mol. The summed E-state index contributed by atoms with van der Waals surface area (Å²) in [5.74, 6) is 0.632. The van der Waals surface area contributed by atoms with E-state index in [9.17, 15) is 4.91 Å². The Morgan fingerprint density at radius 1 is 1.29 bits per heavy atom. The van der Waals surface area contributed by atoms with Crippen LogP contribution in [0.15, 0.2) is 41.1 Å². The first-order valence-electron chi connectivity index (χ1n) is 9.27. The first-order chi connectivity index (χ1) is 11.5. The predicted octanol–water partition coefficient (Wildman–Crippen LogP) is 7.14. The summed E-state index contributed by atoms with van der Waals surface area (Å²) in [4.78, 5) is 11.6. The highest BCUT2D eigenvalue weighted by molar-refractivity contribution is 5.56. The van der Waals surface area contributed by atoms with Gasteiger partial charge in [0, 0.05) is 5.92 Å². The molecule has 2 atom stereocenters. The smallest absolute Gasteiger partial charge is 0.112 e. The minimum absolute atomic E-state index is 0.230. The van der Waals surface area contributed by atoms with Crippen LogP contribution in [0.25, 0.3) is 0 Å². The third kappa shape index (κ3) is 4.23. The van der Waals surface area contributed by atoms with Gasteiger partial charge in [-0.15, -0.1) is 4.91 Å². The first-order valence-corrected chi connectivity index (χ1v) is 9.27. The molecule has 2 nitrogen and oxygen atoms in total. The average molecular weight is 325 g/mol. The Morgan fingerprint density at radius 2 is 2.04 bits per heavy atom. The summed E-state index contributed by atoms with van der Waals surface area (Å²) in [6.07, 6.45) is 9.20. The van der Waals surface area contributed by atoms with Crippen LogP contribution in [0.2, 0.25) is 0 Å². The third-order valence-electron chi connectivity index (χ3n) is 5.31. The lowest BCUT2D eigenvalue weighted by Crippen LogP contribution is -2.18. The van der Waals surface area contributed by atoms with Crippen LogP contribution in [0, 0.1) is 17.7 Å². The molecule has 1 aliphatic rings. The largest absolute Gasteiger partial charge is 0.145 e. The summed E-state index contributed by atoms with van der Waals surface area (Å²) in [7, 11) is 0. The van der Waals surface area contributed by atoms with Crippen molar-refractivity contribution >= 4 is 5.69 Å². The summed E-state index contributed by atoms with van der Waals surface area (Å²) in [5, 5.41) is 3.41. The van der Waals surface area contributed by atoms with E-state index in [1.165, 1.54) is 41.5 Å². The van der Waals surface area contributed by atoms with Crippen LogP contribution >= 0.6 is 0 Å². The summed E-state index contributed by atoms with van der Waals surface area (Å²) in [5.41, 5.74) is 6.77. The topological polar surface area (TPSA) is 29.4 Å². The molecule has 1 aromatic rings. The van der Waals surface area contributed by atoms with Crippen LogP contribution in [0.3, 0.4) is 0 Å². The highest BCUT2D eigenvalue weighted by Gasteiger charge is 2.29. The predicted molar refractivity (Wildman–Crippen MR) is 104 cm³/mol. The van der Waals surface area contributed by atoms with Crippen LogP contribution in [-0.4, -0.2) is 0 Å². The van der Waals surface area contributed by atoms with E-state index in [2.05, 4.69) is 51.6 Å². The fourth-order valence-electron chi connectivity index (χ4n) is 3.99. The van der Waals surface area contributed by atoms with Crippen molar-refractivity contribution in [3.8, 4) is 0 Å². The van der Waals surface area contributed by atoms with E-state index < -0.39 is 0 Å². The molecular formula is C22H31NO. The summed E-state index contributed by atoms with van der Waals surface area (Å²) >= 11 is 0. The van der Waals surface area contributed by atoms with Gasteiger partial charge in [-0.25, -0.2) is 0 Å². The van der Waals surface area contributed by atoms with Gasteiger partial charge in [-0.05, 0) is 80.3 Å². The van der Waals surface area contributed by atoms with Crippen molar-refractivity contribution in [2.75, 3.05) is 0 Å². The van der Waals surface area contributed by atoms with Crippen molar-refractivity contribution in [3.05, 3.63) is 57.5 Å². The number of nitroso groups, excluding NO2 is 1. The lowest BCUT2D eigenvalue weighted by atomic mass is 9.72. The van der Waals surface area contributed by atoms with Crippen LogP contribution in [0.1, 0.15) is 75.5 Å². The lowest BCUT2D eigenvalue weighted by molar-refractivity contribution is 0.482. The van der Waals surface area contributed by atoms with E-state index >= 15 is 0 Å². The van der Waals surface area contributed by atoms with Gasteiger partial charge in [0.2, 0.25) is 0 Å². The Balaban J connectivity index is 2.42. The molecule has 0 bridgehead atoms. The standard InChI is InChI=1S/C22H31NO/c1-6-7-8-9-18-13-17(5)22(21(14-18)23-24)20-12-16(4)10-11-19(20)15(2)3/h12-14,19-20H,2,6-11H2,1,3-5H3. The van der Waals surface area contributed by atoms with Crippen LogP contribution in [0.5, 0.6) is 0 Å². The van der Waals surface area contributed by atoms with Crippen molar-refractivity contribution in [3.63, 3.8) is 0 Å². The van der Waals surface area contributed by atoms with Crippen molar-refractivity contribution in [1.29, 1.82) is 0 Å². The minimum atomic E-state index is 0.230. The van der Waals surface area contributed by atoms with Gasteiger partial charge in [0.1, 0.15) is 5.69 Å². The van der Waals surface area contributed by atoms with Crippen LogP contribution in [0.4, 0.5) is 5.69 Å². The molecule has 0 saturated heterocycles. The Labute approximate surface area is 147 Å². The minimum Gasteiger partial charge on any atom is -0.145 e. The highest BCUT2D eigenvalue weighted by Crippen LogP contribution is 2.44. The Hall–Kier alpha value is -1.70. The molecule has 130 valence electrons. The zero-order chi connectivity index (χ0) is 17.7. The fourth-order valence-corrected chi connectivity index (χ4v) is 3.99. The van der Waals surface area contributed by atoms with Crippen LogP contribution in [-0.2, 0) is 6.42 Å². The van der Waals surface area contributed by atoms with Crippen molar-refractivity contribution in [2.24, 2.45) is 11.1 Å². The van der Waals surface area contributed by atoms with Gasteiger partial charge in [0.15, 0.2) is 0 Å². The molecule has 0 radical (unpaired) electrons. The second kappa shape index (κ2) is 8.41. The molecule has 2 unspecified atom stereocenters. The molecule has 0 N–H and O–H groups in total. The van der Waals surface area contributed by atoms with Gasteiger partial charge in [0.25, 0.3) is 0 Å². The molecule has 0 aliphatic heterocycles. The summed E-state index contributed by atoms with van der Waals surface area (Å²) in [6, 6.07) is 4.27. The maximum Gasteiger partial charge on any atom is 0.112 e. The Morgan fingerprint density at radius 3 is 2.67 bits per heavy atom. The normalized spacial score (nSPS) is 20.6. The van der Waals surface area contributed by atoms with Gasteiger partial charge in [0.05, 0.1) is 0 Å². The number of benzene rings is 1. The molecule has 1 aromatic carbocycles. The van der Waals surface area contributed by atoms with Crippen molar-refractivity contribution in [1.82, 2.24) is 0 Å². The number of aryl methyl sites for hydroxylation is 2. The van der Waals surface area contributed by atoms with E-state index in [1.54, 1.807) is 0 Å². The molecule has 0 amide bonds. The zero-order valence-corrected chi connectivity index (χ0v) is 15.7. The Kier molecular flexibility index (Phi) is 6.53. The lowest BCUT2D eigenvalue weighted by Gasteiger charge is -2.32.